The highest BCUT2D eigenvalue weighted by Gasteiger charge is 2.13. The molecule has 5 aromatic rings. The second kappa shape index (κ2) is 12.5. The summed E-state index contributed by atoms with van der Waals surface area (Å²) in [7, 11) is 0. The number of hydrogen-bond acceptors (Lipinski definition) is 7. The van der Waals surface area contributed by atoms with E-state index in [0.29, 0.717) is 19.6 Å². The van der Waals surface area contributed by atoms with Crippen LogP contribution in [0.4, 0.5) is 5.82 Å². The zero-order chi connectivity index (χ0) is 25.1. The average molecular weight is 488 g/mol. The molecule has 7 heteroatoms. The third kappa shape index (κ3) is 7.25. The molecule has 0 unspecified atom stereocenters. The first-order valence-electron chi connectivity index (χ1n) is 12.3. The molecule has 5 rings (SSSR count). The van der Waals surface area contributed by atoms with Crippen LogP contribution in [-0.2, 0) is 32.7 Å². The van der Waals surface area contributed by atoms with Crippen LogP contribution in [-0.4, -0.2) is 29.8 Å². The molecular weight excluding hydrogens is 458 g/mol. The van der Waals surface area contributed by atoms with E-state index in [-0.39, 0.29) is 0 Å². The lowest BCUT2D eigenvalue weighted by atomic mass is 10.2. The van der Waals surface area contributed by atoms with E-state index in [1.165, 1.54) is 0 Å². The van der Waals surface area contributed by atoms with E-state index in [9.17, 15) is 0 Å². The first-order valence-corrected chi connectivity index (χ1v) is 12.3. The maximum absolute atomic E-state index is 4.81. The highest BCUT2D eigenvalue weighted by Crippen LogP contribution is 2.18. The van der Waals surface area contributed by atoms with E-state index in [1.807, 2.05) is 91.6 Å². The maximum Gasteiger partial charge on any atom is 0.129 e. The summed E-state index contributed by atoms with van der Waals surface area (Å²) in [5, 5.41) is 0. The molecule has 7 nitrogen and oxygen atoms in total. The molecule has 0 amide bonds. The van der Waals surface area contributed by atoms with Gasteiger partial charge in [-0.1, -0.05) is 30.3 Å². The summed E-state index contributed by atoms with van der Waals surface area (Å²) in [6.45, 7) is 3.50. The second-order valence-corrected chi connectivity index (χ2v) is 8.81. The highest BCUT2D eigenvalue weighted by molar-refractivity contribution is 5.39. The van der Waals surface area contributed by atoms with Crippen molar-refractivity contribution in [3.05, 3.63) is 144 Å². The molecule has 0 bridgehead atoms. The lowest BCUT2D eigenvalue weighted by Gasteiger charge is -2.24. The van der Waals surface area contributed by atoms with Crippen molar-refractivity contribution < 1.29 is 0 Å². The Labute approximate surface area is 217 Å². The smallest absolute Gasteiger partial charge is 0.129 e. The van der Waals surface area contributed by atoms with E-state index in [1.54, 1.807) is 0 Å². The predicted octanol–water partition coefficient (Wildman–Crippen LogP) is 5.07. The van der Waals surface area contributed by atoms with E-state index >= 15 is 0 Å². The minimum absolute atomic E-state index is 0.668. The van der Waals surface area contributed by atoms with Gasteiger partial charge in [0.25, 0.3) is 0 Å². The van der Waals surface area contributed by atoms with Gasteiger partial charge in [0.1, 0.15) is 5.82 Å². The Hall–Kier alpha value is -4.49. The Morgan fingerprint density at radius 2 is 0.946 bits per heavy atom. The number of pyridine rings is 5. The molecule has 5 heterocycles. The van der Waals surface area contributed by atoms with Crippen LogP contribution < -0.4 is 4.90 Å². The fourth-order valence-corrected chi connectivity index (χ4v) is 4.15. The van der Waals surface area contributed by atoms with Crippen molar-refractivity contribution in [1.29, 1.82) is 0 Å². The quantitative estimate of drug-likeness (QED) is 0.258. The number of anilines is 1. The largest absolute Gasteiger partial charge is 0.346 e. The summed E-state index contributed by atoms with van der Waals surface area (Å²) in [5.41, 5.74) is 5.17. The summed E-state index contributed by atoms with van der Waals surface area (Å²) in [6.07, 6.45) is 9.27. The van der Waals surface area contributed by atoms with E-state index in [4.69, 9.17) is 4.98 Å². The maximum atomic E-state index is 4.81. The van der Waals surface area contributed by atoms with Crippen LogP contribution >= 0.6 is 0 Å². The van der Waals surface area contributed by atoms with Crippen molar-refractivity contribution in [2.75, 3.05) is 4.90 Å². The normalized spacial score (nSPS) is 10.9. The topological polar surface area (TPSA) is 70.9 Å². The third-order valence-electron chi connectivity index (χ3n) is 5.92. The molecule has 0 spiro atoms. The highest BCUT2D eigenvalue weighted by atomic mass is 15.2. The van der Waals surface area contributed by atoms with Gasteiger partial charge in [-0.25, -0.2) is 4.98 Å². The molecule has 0 aliphatic carbocycles. The molecule has 0 saturated heterocycles. The van der Waals surface area contributed by atoms with Gasteiger partial charge in [0, 0.05) is 57.2 Å². The van der Waals surface area contributed by atoms with Gasteiger partial charge in [-0.2, -0.15) is 0 Å². The van der Waals surface area contributed by atoms with Gasteiger partial charge in [0.15, 0.2) is 0 Å². The first kappa shape index (κ1) is 24.2. The van der Waals surface area contributed by atoms with Crippen molar-refractivity contribution in [2.24, 2.45) is 0 Å². The van der Waals surface area contributed by atoms with Gasteiger partial charge >= 0.3 is 0 Å². The van der Waals surface area contributed by atoms with Crippen LogP contribution in [0.2, 0.25) is 0 Å². The van der Waals surface area contributed by atoms with E-state index in [2.05, 4.69) is 54.0 Å². The van der Waals surface area contributed by atoms with Gasteiger partial charge in [-0.15, -0.1) is 0 Å². The lowest BCUT2D eigenvalue weighted by Crippen LogP contribution is -2.25. The zero-order valence-corrected chi connectivity index (χ0v) is 20.6. The molecule has 0 aliphatic rings. The minimum atomic E-state index is 0.668. The van der Waals surface area contributed by atoms with Crippen molar-refractivity contribution in [1.82, 2.24) is 29.8 Å². The van der Waals surface area contributed by atoms with Crippen LogP contribution in [0.5, 0.6) is 0 Å². The van der Waals surface area contributed by atoms with E-state index < -0.39 is 0 Å². The van der Waals surface area contributed by atoms with Gasteiger partial charge in [-0.05, 0) is 60.2 Å². The van der Waals surface area contributed by atoms with Crippen LogP contribution in [0.1, 0.15) is 28.3 Å². The van der Waals surface area contributed by atoms with Crippen molar-refractivity contribution >= 4 is 5.82 Å². The van der Waals surface area contributed by atoms with Crippen LogP contribution in [0.15, 0.2) is 116 Å². The molecule has 37 heavy (non-hydrogen) atoms. The molecule has 0 saturated carbocycles. The zero-order valence-electron chi connectivity index (χ0n) is 20.6. The Bertz CT molecular complexity index is 1290. The molecule has 5 aromatic heterocycles. The number of hydrogen-bond donors (Lipinski definition) is 0. The lowest BCUT2D eigenvalue weighted by molar-refractivity contribution is 0.239. The van der Waals surface area contributed by atoms with E-state index in [0.717, 1.165) is 47.2 Å². The van der Waals surface area contributed by atoms with Crippen molar-refractivity contribution in [3.8, 4) is 0 Å². The molecule has 0 aromatic carbocycles. The summed E-state index contributed by atoms with van der Waals surface area (Å²) >= 11 is 0. The van der Waals surface area contributed by atoms with Gasteiger partial charge in [0.2, 0.25) is 0 Å². The fourth-order valence-electron chi connectivity index (χ4n) is 4.15. The first-order chi connectivity index (χ1) is 18.3. The second-order valence-electron chi connectivity index (χ2n) is 8.81. The molecule has 0 N–H and O–H groups in total. The molecule has 0 radical (unpaired) electrons. The predicted molar refractivity (Wildman–Crippen MR) is 144 cm³/mol. The summed E-state index contributed by atoms with van der Waals surface area (Å²) < 4.78 is 0. The monoisotopic (exact) mass is 487 g/mol. The number of nitrogens with zero attached hydrogens (tertiary/aromatic N) is 7. The third-order valence-corrected chi connectivity index (χ3v) is 5.92. The SMILES string of the molecule is c1ccc(CN(Cc2ccccn2)Cc2ccc(CN(Cc3ccccn3)c3ccccn3)cn2)nc1. The fraction of sp³-hybridized carbons (Fsp3) is 0.167. The van der Waals surface area contributed by atoms with Crippen molar-refractivity contribution in [3.63, 3.8) is 0 Å². The van der Waals surface area contributed by atoms with Gasteiger partial charge < -0.3 is 4.90 Å². The van der Waals surface area contributed by atoms with Crippen LogP contribution in [0.3, 0.4) is 0 Å². The van der Waals surface area contributed by atoms with Gasteiger partial charge in [-0.3, -0.25) is 24.8 Å². The summed E-state index contributed by atoms with van der Waals surface area (Å²) in [4.78, 5) is 27.4. The Kier molecular flexibility index (Phi) is 8.16. The average Bonchev–Trinajstić information content (AvgIpc) is 2.96. The summed E-state index contributed by atoms with van der Waals surface area (Å²) in [6, 6.07) is 28.2. The van der Waals surface area contributed by atoms with Crippen LogP contribution in [0.25, 0.3) is 0 Å². The molecule has 0 aliphatic heterocycles. The standard InChI is InChI=1S/C30H29N7/c1-5-15-31-26(9-1)21-36(22-27-10-2-6-16-32-27)23-29-14-13-25(19-35-29)20-37(30-12-4-8-18-34-30)24-28-11-3-7-17-33-28/h1-19H,20-24H2. The molecular formula is C30H29N7. The number of aromatic nitrogens is 5. The minimum Gasteiger partial charge on any atom is -0.346 e. The van der Waals surface area contributed by atoms with Crippen LogP contribution in [0, 0.1) is 0 Å². The van der Waals surface area contributed by atoms with Crippen molar-refractivity contribution in [2.45, 2.75) is 32.7 Å². The Balaban J connectivity index is 1.30. The summed E-state index contributed by atoms with van der Waals surface area (Å²) in [5.74, 6) is 0.911. The molecule has 0 fully saturated rings. The Morgan fingerprint density at radius 3 is 1.41 bits per heavy atom. The molecule has 184 valence electrons. The molecule has 0 atom stereocenters. The Morgan fingerprint density at radius 1 is 0.432 bits per heavy atom. The number of rotatable bonds is 11. The van der Waals surface area contributed by atoms with Gasteiger partial charge in [0.05, 0.1) is 29.3 Å².